The fraction of sp³-hybridized carbons (Fsp3) is 0. The molecule has 0 saturated carbocycles. The molecule has 0 fully saturated rings. The average Bonchev–Trinajstić information content (AvgIpc) is 2.74. The fourth-order valence-corrected chi connectivity index (χ4v) is 1.52. The second-order valence-corrected chi connectivity index (χ2v) is 4.88. The first-order chi connectivity index (χ1) is 6.37. The molecule has 0 aliphatic carbocycles. The number of rotatable bonds is 2. The Bertz CT molecular complexity index is 401. The van der Waals surface area contributed by atoms with E-state index in [1.165, 1.54) is 0 Å². The second kappa shape index (κ2) is 4.65. The fourth-order valence-electron chi connectivity index (χ4n) is 0.778. The lowest BCUT2D eigenvalue weighted by atomic mass is 10.4. The van der Waals surface area contributed by atoms with Crippen LogP contribution in [-0.4, -0.2) is 0 Å². The van der Waals surface area contributed by atoms with Crippen LogP contribution in [0.4, 0.5) is 0 Å². The van der Waals surface area contributed by atoms with Gasteiger partial charge in [0.2, 0.25) is 0 Å². The number of hydrogen-bond donors (Lipinski definition) is 0. The van der Waals surface area contributed by atoms with Gasteiger partial charge in [0.05, 0.1) is 21.2 Å². The topological polar surface area (TPSA) is 17.1 Å². The predicted octanol–water partition coefficient (Wildman–Crippen LogP) is 4.61. The summed E-state index contributed by atoms with van der Waals surface area (Å²) < 4.78 is -0.416. The molecule has 1 aromatic rings. The highest BCUT2D eigenvalue weighted by atomic mass is 35.5. The lowest BCUT2D eigenvalue weighted by Crippen LogP contribution is -1.78. The van der Waals surface area contributed by atoms with Gasteiger partial charge in [-0.3, -0.25) is 4.79 Å². The van der Waals surface area contributed by atoms with Gasteiger partial charge < -0.3 is 0 Å². The van der Waals surface area contributed by atoms with Crippen LogP contribution in [0.2, 0.25) is 0 Å². The minimum Gasteiger partial charge on any atom is -0.288 e. The van der Waals surface area contributed by atoms with Gasteiger partial charge in [0, 0.05) is 0 Å². The Balaban J connectivity index is 3.16. The Hall–Kier alpha value is 0.630. The molecular formula is C7Cl6O. The summed E-state index contributed by atoms with van der Waals surface area (Å²) in [7, 11) is 0. The van der Waals surface area contributed by atoms with Gasteiger partial charge in [0.25, 0.3) is 0 Å². The maximum absolute atomic E-state index is 11.2. The number of hydrogen-bond acceptors (Lipinski definition) is 1. The largest absolute Gasteiger partial charge is 0.288 e. The van der Waals surface area contributed by atoms with Crippen LogP contribution >= 0.6 is 69.6 Å². The first-order valence-corrected chi connectivity index (χ1v) is 5.36. The van der Waals surface area contributed by atoms with E-state index < -0.39 is 0 Å². The van der Waals surface area contributed by atoms with Crippen LogP contribution in [0.25, 0.3) is 10.1 Å². The summed E-state index contributed by atoms with van der Waals surface area (Å²) in [6.07, 6.45) is 0. The molecule has 0 aliphatic rings. The molecule has 7 heteroatoms. The summed E-state index contributed by atoms with van der Waals surface area (Å²) in [5, 5.41) is -0.109. The molecule has 1 nitrogen and oxygen atoms in total. The highest BCUT2D eigenvalue weighted by Crippen LogP contribution is 2.38. The summed E-state index contributed by atoms with van der Waals surface area (Å²) in [5.41, 5.74) is -0.0662. The zero-order valence-corrected chi connectivity index (χ0v) is 10.7. The highest BCUT2D eigenvalue weighted by Gasteiger charge is 2.29. The molecule has 0 bridgehead atoms. The van der Waals surface area contributed by atoms with Crippen molar-refractivity contribution in [2.75, 3.05) is 0 Å². The molecule has 0 heterocycles. The molecule has 0 aromatic heterocycles. The van der Waals surface area contributed by atoms with E-state index in [4.69, 9.17) is 69.6 Å². The molecule has 14 heavy (non-hydrogen) atoms. The summed E-state index contributed by atoms with van der Waals surface area (Å²) in [6, 6.07) is 0. The van der Waals surface area contributed by atoms with Gasteiger partial charge in [0.1, 0.15) is 8.98 Å². The van der Waals surface area contributed by atoms with E-state index in [0.717, 1.165) is 0 Å². The van der Waals surface area contributed by atoms with Crippen LogP contribution in [0.1, 0.15) is 11.1 Å². The third kappa shape index (κ3) is 2.41. The molecule has 0 unspecified atom stereocenters. The van der Waals surface area contributed by atoms with Gasteiger partial charge in [-0.2, -0.15) is 0 Å². The van der Waals surface area contributed by atoms with Gasteiger partial charge in [0.15, 0.2) is 5.43 Å². The molecule has 0 N–H and O–H groups in total. The molecule has 1 aromatic carbocycles. The molecular weight excluding hydrogens is 313 g/mol. The Kier molecular flexibility index (Phi) is 4.22. The molecule has 0 saturated heterocycles. The van der Waals surface area contributed by atoms with E-state index in [-0.39, 0.29) is 35.6 Å². The normalized spacial score (nSPS) is 10.4. The molecule has 0 aliphatic heterocycles. The average molecular weight is 313 g/mol. The van der Waals surface area contributed by atoms with E-state index in [2.05, 4.69) is 0 Å². The van der Waals surface area contributed by atoms with Crippen molar-refractivity contribution in [2.24, 2.45) is 0 Å². The van der Waals surface area contributed by atoms with Crippen LogP contribution in [0.5, 0.6) is 0 Å². The third-order valence-electron chi connectivity index (χ3n) is 1.41. The standard InChI is InChI=1S/C7Cl6O/c8-3(6(10)11)1-2(5(1)14)4(9)7(12)13. The highest BCUT2D eigenvalue weighted by molar-refractivity contribution is 6.69. The van der Waals surface area contributed by atoms with Crippen LogP contribution in [0, 0.1) is 0 Å². The third-order valence-corrected chi connectivity index (χ3v) is 3.31. The first-order valence-electron chi connectivity index (χ1n) is 3.09. The zero-order chi connectivity index (χ0) is 11.0. The van der Waals surface area contributed by atoms with Crippen molar-refractivity contribution in [2.45, 2.75) is 0 Å². The maximum atomic E-state index is 11.2. The Morgan fingerprint density at radius 2 is 1.00 bits per heavy atom. The van der Waals surface area contributed by atoms with Gasteiger partial charge in [-0.05, 0) is 0 Å². The molecule has 76 valence electrons. The van der Waals surface area contributed by atoms with E-state index in [0.29, 0.717) is 0 Å². The van der Waals surface area contributed by atoms with Crippen LogP contribution in [0.3, 0.4) is 0 Å². The summed E-state index contributed by atoms with van der Waals surface area (Å²) in [6.45, 7) is 0. The molecule has 0 amide bonds. The monoisotopic (exact) mass is 310 g/mol. The van der Waals surface area contributed by atoms with Gasteiger partial charge in [-0.1, -0.05) is 69.6 Å². The van der Waals surface area contributed by atoms with Crippen LogP contribution < -0.4 is 5.43 Å². The van der Waals surface area contributed by atoms with Gasteiger partial charge >= 0.3 is 0 Å². The van der Waals surface area contributed by atoms with Crippen molar-refractivity contribution in [3.05, 3.63) is 30.3 Å². The molecule has 0 atom stereocenters. The smallest absolute Gasteiger partial charge is 0.197 e. The lowest BCUT2D eigenvalue weighted by Gasteiger charge is -1.89. The predicted molar refractivity (Wildman–Crippen MR) is 64.0 cm³/mol. The van der Waals surface area contributed by atoms with Crippen molar-refractivity contribution in [3.63, 3.8) is 0 Å². The molecule has 0 spiro atoms. The number of halogens is 6. The maximum Gasteiger partial charge on any atom is 0.197 e. The summed E-state index contributed by atoms with van der Waals surface area (Å²) in [5.74, 6) is 0. The zero-order valence-electron chi connectivity index (χ0n) is 6.18. The Labute approximate surface area is 109 Å². The van der Waals surface area contributed by atoms with E-state index >= 15 is 0 Å². The lowest BCUT2D eigenvalue weighted by molar-refractivity contribution is 1.95. The Morgan fingerprint density at radius 3 is 1.21 bits per heavy atom. The van der Waals surface area contributed by atoms with Crippen molar-refractivity contribution in [1.82, 2.24) is 0 Å². The minimum atomic E-state index is -0.363. The summed E-state index contributed by atoms with van der Waals surface area (Å²) in [4.78, 5) is 11.2. The molecule has 0 radical (unpaired) electrons. The van der Waals surface area contributed by atoms with E-state index in [1.807, 2.05) is 0 Å². The van der Waals surface area contributed by atoms with Gasteiger partial charge in [-0.25, -0.2) is 0 Å². The SMILES string of the molecule is O=c1c(C(Cl)=C(Cl)Cl)c1C(Cl)=C(Cl)Cl. The van der Waals surface area contributed by atoms with Crippen molar-refractivity contribution in [1.29, 1.82) is 0 Å². The van der Waals surface area contributed by atoms with E-state index in [9.17, 15) is 4.79 Å². The van der Waals surface area contributed by atoms with Crippen molar-refractivity contribution >= 4 is 79.7 Å². The summed E-state index contributed by atoms with van der Waals surface area (Å²) >= 11 is 32.8. The molecule has 1 rings (SSSR count). The van der Waals surface area contributed by atoms with E-state index in [1.54, 1.807) is 0 Å². The van der Waals surface area contributed by atoms with Crippen molar-refractivity contribution in [3.8, 4) is 0 Å². The second-order valence-electron chi connectivity index (χ2n) is 2.23. The minimum absolute atomic E-state index is 0.0546. The van der Waals surface area contributed by atoms with Gasteiger partial charge in [-0.15, -0.1) is 0 Å². The van der Waals surface area contributed by atoms with Crippen LogP contribution in [-0.2, 0) is 0 Å². The van der Waals surface area contributed by atoms with Crippen LogP contribution in [0.15, 0.2) is 13.8 Å². The van der Waals surface area contributed by atoms with Crippen molar-refractivity contribution < 1.29 is 0 Å². The first kappa shape index (κ1) is 12.7. The Morgan fingerprint density at radius 1 is 0.714 bits per heavy atom. The quantitative estimate of drug-likeness (QED) is 0.779.